The molecule has 0 aromatic heterocycles. The highest BCUT2D eigenvalue weighted by Crippen LogP contribution is 2.27. The van der Waals surface area contributed by atoms with Gasteiger partial charge in [-0.05, 0) is 49.4 Å². The molecule has 3 aromatic carbocycles. The number of carbonyl (C=O) groups is 1. The second-order valence-corrected chi connectivity index (χ2v) is 6.43. The average molecular weight is 418 g/mol. The van der Waals surface area contributed by atoms with Crippen LogP contribution in [-0.4, -0.2) is 12.5 Å². The van der Waals surface area contributed by atoms with Crippen LogP contribution in [0.2, 0.25) is 5.02 Å². The van der Waals surface area contributed by atoms with Gasteiger partial charge in [-0.2, -0.15) is 0 Å². The van der Waals surface area contributed by atoms with Crippen LogP contribution in [0.25, 0.3) is 0 Å². The standard InChI is InChI=1S/C22H18ClF2NO3/c1-2-28-19-11-10-14(22(27)26-21-17(24)7-5-8-18(21)25)12-15(19)13-29-20-9-4-3-6-16(20)23/h3-12H,2,13H2,1H3,(H,26,27). The van der Waals surface area contributed by atoms with Gasteiger partial charge in [0.1, 0.15) is 35.4 Å². The van der Waals surface area contributed by atoms with Crippen LogP contribution in [-0.2, 0) is 6.61 Å². The number of amides is 1. The lowest BCUT2D eigenvalue weighted by Crippen LogP contribution is -2.15. The summed E-state index contributed by atoms with van der Waals surface area (Å²) in [5.74, 6) is -1.35. The van der Waals surface area contributed by atoms with E-state index in [1.807, 2.05) is 6.92 Å². The van der Waals surface area contributed by atoms with Gasteiger partial charge in [0.25, 0.3) is 5.91 Å². The summed E-state index contributed by atoms with van der Waals surface area (Å²) in [7, 11) is 0. The van der Waals surface area contributed by atoms with Crippen LogP contribution in [0.3, 0.4) is 0 Å². The summed E-state index contributed by atoms with van der Waals surface area (Å²) in [6.07, 6.45) is 0. The number of benzene rings is 3. The predicted molar refractivity (Wildman–Crippen MR) is 108 cm³/mol. The molecule has 7 heteroatoms. The Hall–Kier alpha value is -3.12. The zero-order valence-corrected chi connectivity index (χ0v) is 16.3. The van der Waals surface area contributed by atoms with Crippen molar-refractivity contribution >= 4 is 23.2 Å². The molecule has 0 spiro atoms. The molecule has 0 saturated heterocycles. The zero-order valence-electron chi connectivity index (χ0n) is 15.5. The number of hydrogen-bond donors (Lipinski definition) is 1. The van der Waals surface area contributed by atoms with Crippen molar-refractivity contribution in [3.8, 4) is 11.5 Å². The van der Waals surface area contributed by atoms with Crippen molar-refractivity contribution < 1.29 is 23.0 Å². The number of nitrogens with one attached hydrogen (secondary N) is 1. The molecule has 29 heavy (non-hydrogen) atoms. The molecule has 1 amide bonds. The van der Waals surface area contributed by atoms with Crippen LogP contribution in [0.1, 0.15) is 22.8 Å². The van der Waals surface area contributed by atoms with E-state index in [0.29, 0.717) is 28.7 Å². The molecule has 1 N–H and O–H groups in total. The Morgan fingerprint density at radius 1 is 0.966 bits per heavy atom. The van der Waals surface area contributed by atoms with Gasteiger partial charge in [0.15, 0.2) is 0 Å². The topological polar surface area (TPSA) is 47.6 Å². The maximum absolute atomic E-state index is 13.8. The second-order valence-electron chi connectivity index (χ2n) is 6.03. The largest absolute Gasteiger partial charge is 0.493 e. The Bertz CT molecular complexity index is 1010. The molecule has 0 aliphatic carbocycles. The van der Waals surface area contributed by atoms with Gasteiger partial charge in [0, 0.05) is 11.1 Å². The van der Waals surface area contributed by atoms with Gasteiger partial charge in [-0.3, -0.25) is 4.79 Å². The molecule has 0 aliphatic rings. The first kappa shape index (κ1) is 20.6. The Morgan fingerprint density at radius 2 is 1.69 bits per heavy atom. The van der Waals surface area contributed by atoms with Crippen LogP contribution < -0.4 is 14.8 Å². The maximum Gasteiger partial charge on any atom is 0.255 e. The van der Waals surface area contributed by atoms with Gasteiger partial charge in [0.2, 0.25) is 0 Å². The van der Waals surface area contributed by atoms with Crippen molar-refractivity contribution in [1.82, 2.24) is 0 Å². The highest BCUT2D eigenvalue weighted by molar-refractivity contribution is 6.32. The molecular formula is C22H18ClF2NO3. The third-order valence-corrected chi connectivity index (χ3v) is 4.36. The highest BCUT2D eigenvalue weighted by Gasteiger charge is 2.16. The first-order valence-corrected chi connectivity index (χ1v) is 9.25. The molecule has 4 nitrogen and oxygen atoms in total. The number of carbonyl (C=O) groups excluding carboxylic acids is 1. The Kier molecular flexibility index (Phi) is 6.67. The number of halogens is 3. The van der Waals surface area contributed by atoms with E-state index in [-0.39, 0.29) is 12.2 Å². The molecule has 0 heterocycles. The van der Waals surface area contributed by atoms with Crippen molar-refractivity contribution in [2.75, 3.05) is 11.9 Å². The number of hydrogen-bond acceptors (Lipinski definition) is 3. The van der Waals surface area contributed by atoms with Crippen LogP contribution in [0, 0.1) is 11.6 Å². The second kappa shape index (κ2) is 9.39. The zero-order chi connectivity index (χ0) is 20.8. The molecule has 3 aromatic rings. The molecule has 0 radical (unpaired) electrons. The summed E-state index contributed by atoms with van der Waals surface area (Å²) in [6, 6.07) is 15.0. The normalized spacial score (nSPS) is 10.5. The minimum atomic E-state index is -0.855. The van der Waals surface area contributed by atoms with Crippen molar-refractivity contribution in [3.05, 3.63) is 88.4 Å². The first-order chi connectivity index (χ1) is 14.0. The van der Waals surface area contributed by atoms with Crippen molar-refractivity contribution in [3.63, 3.8) is 0 Å². The van der Waals surface area contributed by atoms with E-state index >= 15 is 0 Å². The van der Waals surface area contributed by atoms with E-state index in [4.69, 9.17) is 21.1 Å². The van der Waals surface area contributed by atoms with E-state index in [9.17, 15) is 13.6 Å². The quantitative estimate of drug-likeness (QED) is 0.524. The lowest BCUT2D eigenvalue weighted by Gasteiger charge is -2.14. The smallest absolute Gasteiger partial charge is 0.255 e. The van der Waals surface area contributed by atoms with E-state index < -0.39 is 23.2 Å². The fraction of sp³-hybridized carbons (Fsp3) is 0.136. The van der Waals surface area contributed by atoms with Crippen LogP contribution >= 0.6 is 11.6 Å². The highest BCUT2D eigenvalue weighted by atomic mass is 35.5. The summed E-state index contributed by atoms with van der Waals surface area (Å²) < 4.78 is 38.9. The average Bonchev–Trinajstić information content (AvgIpc) is 2.71. The van der Waals surface area contributed by atoms with Crippen molar-refractivity contribution in [2.45, 2.75) is 13.5 Å². The third kappa shape index (κ3) is 5.03. The molecule has 0 atom stereocenters. The van der Waals surface area contributed by atoms with Crippen LogP contribution in [0.15, 0.2) is 60.7 Å². The molecule has 3 rings (SSSR count). The van der Waals surface area contributed by atoms with Gasteiger partial charge in [-0.15, -0.1) is 0 Å². The SMILES string of the molecule is CCOc1ccc(C(=O)Nc2c(F)cccc2F)cc1COc1ccccc1Cl. The Balaban J connectivity index is 1.83. The first-order valence-electron chi connectivity index (χ1n) is 8.88. The van der Waals surface area contributed by atoms with E-state index in [2.05, 4.69) is 5.32 Å². The number of para-hydroxylation sites is 2. The van der Waals surface area contributed by atoms with Crippen LogP contribution in [0.4, 0.5) is 14.5 Å². The maximum atomic E-state index is 13.8. The predicted octanol–water partition coefficient (Wildman–Crippen LogP) is 5.85. The molecule has 0 unspecified atom stereocenters. The third-order valence-electron chi connectivity index (χ3n) is 4.04. The van der Waals surface area contributed by atoms with Gasteiger partial charge in [0.05, 0.1) is 11.6 Å². The molecule has 0 fully saturated rings. The summed E-state index contributed by atoms with van der Waals surface area (Å²) in [5.41, 5.74) is 0.294. The summed E-state index contributed by atoms with van der Waals surface area (Å²) in [6.45, 7) is 2.35. The molecular weight excluding hydrogens is 400 g/mol. The number of ether oxygens (including phenoxy) is 2. The van der Waals surface area contributed by atoms with Crippen molar-refractivity contribution in [1.29, 1.82) is 0 Å². The molecule has 150 valence electrons. The minimum Gasteiger partial charge on any atom is -0.493 e. The number of anilines is 1. The summed E-state index contributed by atoms with van der Waals surface area (Å²) in [4.78, 5) is 12.5. The van der Waals surface area contributed by atoms with Crippen molar-refractivity contribution in [2.24, 2.45) is 0 Å². The Labute approximate surface area is 172 Å². The lowest BCUT2D eigenvalue weighted by atomic mass is 10.1. The van der Waals surface area contributed by atoms with Gasteiger partial charge in [-0.1, -0.05) is 29.8 Å². The lowest BCUT2D eigenvalue weighted by molar-refractivity contribution is 0.102. The summed E-state index contributed by atoms with van der Waals surface area (Å²) in [5, 5.41) is 2.72. The fourth-order valence-corrected chi connectivity index (χ4v) is 2.84. The molecule has 0 bridgehead atoms. The minimum absolute atomic E-state index is 0.0915. The molecule has 0 aliphatic heterocycles. The van der Waals surface area contributed by atoms with Gasteiger partial charge in [-0.25, -0.2) is 8.78 Å². The molecule has 0 saturated carbocycles. The monoisotopic (exact) mass is 417 g/mol. The van der Waals surface area contributed by atoms with E-state index in [1.165, 1.54) is 12.1 Å². The number of rotatable bonds is 7. The fourth-order valence-electron chi connectivity index (χ4n) is 2.65. The van der Waals surface area contributed by atoms with Gasteiger partial charge < -0.3 is 14.8 Å². The van der Waals surface area contributed by atoms with Crippen LogP contribution in [0.5, 0.6) is 11.5 Å². The van der Waals surface area contributed by atoms with E-state index in [1.54, 1.807) is 36.4 Å². The van der Waals surface area contributed by atoms with Gasteiger partial charge >= 0.3 is 0 Å². The summed E-state index contributed by atoms with van der Waals surface area (Å²) >= 11 is 6.10. The van der Waals surface area contributed by atoms with E-state index in [0.717, 1.165) is 12.1 Å². The Morgan fingerprint density at radius 3 is 2.38 bits per heavy atom.